The Bertz CT molecular complexity index is 741. The summed E-state index contributed by atoms with van der Waals surface area (Å²) in [4.78, 5) is 16.6. The molecule has 0 N–H and O–H groups in total. The molecule has 0 aliphatic carbocycles. The number of carbonyl (C=O) groups excluding carboxylic acids is 1. The molecule has 0 spiro atoms. The molecule has 0 atom stereocenters. The fourth-order valence-corrected chi connectivity index (χ4v) is 3.61. The second-order valence-electron chi connectivity index (χ2n) is 6.51. The van der Waals surface area contributed by atoms with Crippen LogP contribution >= 0.6 is 0 Å². The highest BCUT2D eigenvalue weighted by Crippen LogP contribution is 2.27. The fourth-order valence-electron chi connectivity index (χ4n) is 3.61. The van der Waals surface area contributed by atoms with E-state index in [1.54, 1.807) is 23.1 Å². The van der Waals surface area contributed by atoms with Gasteiger partial charge in [-0.05, 0) is 44.0 Å². The average molecular weight is 326 g/mol. The van der Waals surface area contributed by atoms with Gasteiger partial charge in [-0.3, -0.25) is 4.79 Å². The molecule has 3 nitrogen and oxygen atoms in total. The molecule has 0 unspecified atom stereocenters. The summed E-state index contributed by atoms with van der Waals surface area (Å²) < 4.78 is 13.8. The van der Waals surface area contributed by atoms with Crippen molar-refractivity contribution in [2.45, 2.75) is 20.8 Å². The van der Waals surface area contributed by atoms with Gasteiger partial charge in [0.2, 0.25) is 0 Å². The quantitative estimate of drug-likeness (QED) is 0.840. The minimum Gasteiger partial charge on any atom is -0.368 e. The highest BCUT2D eigenvalue weighted by Gasteiger charge is 2.25. The second-order valence-corrected chi connectivity index (χ2v) is 6.51. The Kier molecular flexibility index (Phi) is 4.56. The van der Waals surface area contributed by atoms with Crippen LogP contribution in [0.4, 0.5) is 10.1 Å². The zero-order valence-corrected chi connectivity index (χ0v) is 14.5. The van der Waals surface area contributed by atoms with Crippen molar-refractivity contribution in [2.75, 3.05) is 31.1 Å². The van der Waals surface area contributed by atoms with Gasteiger partial charge < -0.3 is 9.80 Å². The number of nitrogens with zero attached hydrogens (tertiary/aromatic N) is 2. The van der Waals surface area contributed by atoms with Crippen molar-refractivity contribution in [1.82, 2.24) is 4.90 Å². The number of hydrogen-bond donors (Lipinski definition) is 0. The molecule has 1 fully saturated rings. The van der Waals surface area contributed by atoms with Crippen LogP contribution in [0.2, 0.25) is 0 Å². The molecule has 4 heteroatoms. The maximum atomic E-state index is 13.8. The van der Waals surface area contributed by atoms with Crippen molar-refractivity contribution < 1.29 is 9.18 Å². The van der Waals surface area contributed by atoms with E-state index in [2.05, 4.69) is 37.8 Å². The second kappa shape index (κ2) is 6.63. The van der Waals surface area contributed by atoms with Crippen LogP contribution in [0.15, 0.2) is 36.4 Å². The third kappa shape index (κ3) is 3.14. The zero-order chi connectivity index (χ0) is 17.3. The molecule has 0 saturated carbocycles. The van der Waals surface area contributed by atoms with E-state index >= 15 is 0 Å². The van der Waals surface area contributed by atoms with Crippen LogP contribution in [0.1, 0.15) is 27.0 Å². The van der Waals surface area contributed by atoms with E-state index in [-0.39, 0.29) is 11.5 Å². The van der Waals surface area contributed by atoms with Crippen molar-refractivity contribution >= 4 is 11.6 Å². The van der Waals surface area contributed by atoms with E-state index < -0.39 is 5.82 Å². The van der Waals surface area contributed by atoms with Crippen LogP contribution in [-0.4, -0.2) is 37.0 Å². The highest BCUT2D eigenvalue weighted by molar-refractivity contribution is 5.94. The lowest BCUT2D eigenvalue weighted by Crippen LogP contribution is -2.49. The number of aryl methyl sites for hydroxylation is 3. The number of halogens is 1. The van der Waals surface area contributed by atoms with Gasteiger partial charge in [-0.15, -0.1) is 0 Å². The van der Waals surface area contributed by atoms with Gasteiger partial charge in [0.15, 0.2) is 0 Å². The number of hydrogen-bond acceptors (Lipinski definition) is 2. The number of piperazine rings is 1. The first-order valence-electron chi connectivity index (χ1n) is 8.34. The summed E-state index contributed by atoms with van der Waals surface area (Å²) in [5.41, 5.74) is 5.22. The van der Waals surface area contributed by atoms with Crippen LogP contribution in [0.25, 0.3) is 0 Å². The Balaban J connectivity index is 1.73. The van der Waals surface area contributed by atoms with Gasteiger partial charge in [0, 0.05) is 31.9 Å². The molecule has 2 aromatic rings. The lowest BCUT2D eigenvalue weighted by Gasteiger charge is -2.37. The monoisotopic (exact) mass is 326 g/mol. The summed E-state index contributed by atoms with van der Waals surface area (Å²) >= 11 is 0. The van der Waals surface area contributed by atoms with Gasteiger partial charge in [0.1, 0.15) is 5.82 Å². The molecule has 24 heavy (non-hydrogen) atoms. The van der Waals surface area contributed by atoms with Gasteiger partial charge in [0.25, 0.3) is 5.91 Å². The average Bonchev–Trinajstić information content (AvgIpc) is 2.54. The normalized spacial score (nSPS) is 14.8. The zero-order valence-electron chi connectivity index (χ0n) is 14.5. The topological polar surface area (TPSA) is 23.6 Å². The van der Waals surface area contributed by atoms with Crippen LogP contribution in [0, 0.1) is 26.6 Å². The van der Waals surface area contributed by atoms with Crippen LogP contribution in [0.5, 0.6) is 0 Å². The van der Waals surface area contributed by atoms with Gasteiger partial charge in [0.05, 0.1) is 5.56 Å². The number of anilines is 1. The Morgan fingerprint density at radius 3 is 2.12 bits per heavy atom. The first kappa shape index (κ1) is 16.5. The Labute approximate surface area is 142 Å². The summed E-state index contributed by atoms with van der Waals surface area (Å²) in [6.07, 6.45) is 0. The lowest BCUT2D eigenvalue weighted by molar-refractivity contribution is 0.0742. The summed E-state index contributed by atoms with van der Waals surface area (Å²) in [5, 5.41) is 0. The van der Waals surface area contributed by atoms with E-state index in [9.17, 15) is 9.18 Å². The van der Waals surface area contributed by atoms with Crippen molar-refractivity contribution in [1.29, 1.82) is 0 Å². The van der Waals surface area contributed by atoms with Gasteiger partial charge in [-0.25, -0.2) is 4.39 Å². The first-order chi connectivity index (χ1) is 11.5. The third-order valence-electron chi connectivity index (χ3n) is 4.62. The molecule has 0 radical (unpaired) electrons. The summed E-state index contributed by atoms with van der Waals surface area (Å²) in [5.74, 6) is -0.666. The van der Waals surface area contributed by atoms with Crippen molar-refractivity contribution in [2.24, 2.45) is 0 Å². The van der Waals surface area contributed by atoms with Crippen molar-refractivity contribution in [3.8, 4) is 0 Å². The first-order valence-corrected chi connectivity index (χ1v) is 8.34. The highest BCUT2D eigenvalue weighted by atomic mass is 19.1. The SMILES string of the molecule is Cc1cc(C)c(N2CCN(C(=O)c3ccccc3F)CC2)c(C)c1. The number of carbonyl (C=O) groups is 1. The predicted octanol–water partition coefficient (Wildman–Crippen LogP) is 3.71. The molecule has 0 bridgehead atoms. The van der Waals surface area contributed by atoms with E-state index in [0.29, 0.717) is 13.1 Å². The van der Waals surface area contributed by atoms with E-state index in [1.807, 2.05) is 0 Å². The summed E-state index contributed by atoms with van der Waals surface area (Å²) in [6, 6.07) is 10.6. The molecule has 126 valence electrons. The fraction of sp³-hybridized carbons (Fsp3) is 0.350. The van der Waals surface area contributed by atoms with Gasteiger partial charge in [-0.1, -0.05) is 29.8 Å². The molecular weight excluding hydrogens is 303 g/mol. The standard InChI is InChI=1S/C20H23FN2O/c1-14-12-15(2)19(16(3)13-14)22-8-10-23(11-9-22)20(24)17-6-4-5-7-18(17)21/h4-7,12-13H,8-11H2,1-3H3. The summed E-state index contributed by atoms with van der Waals surface area (Å²) in [7, 11) is 0. The number of benzene rings is 2. The van der Waals surface area contributed by atoms with E-state index in [0.717, 1.165) is 13.1 Å². The molecule has 2 aromatic carbocycles. The lowest BCUT2D eigenvalue weighted by atomic mass is 10.0. The number of amides is 1. The van der Waals surface area contributed by atoms with E-state index in [4.69, 9.17) is 0 Å². The van der Waals surface area contributed by atoms with Gasteiger partial charge >= 0.3 is 0 Å². The van der Waals surface area contributed by atoms with E-state index in [1.165, 1.54) is 28.4 Å². The summed E-state index contributed by atoms with van der Waals surface area (Å²) in [6.45, 7) is 9.13. The molecule has 1 amide bonds. The predicted molar refractivity (Wildman–Crippen MR) is 95.2 cm³/mol. The Hall–Kier alpha value is -2.36. The van der Waals surface area contributed by atoms with Crippen LogP contribution in [-0.2, 0) is 0 Å². The third-order valence-corrected chi connectivity index (χ3v) is 4.62. The molecule has 0 aromatic heterocycles. The minimum absolute atomic E-state index is 0.161. The Morgan fingerprint density at radius 2 is 1.54 bits per heavy atom. The largest absolute Gasteiger partial charge is 0.368 e. The van der Waals surface area contributed by atoms with Gasteiger partial charge in [-0.2, -0.15) is 0 Å². The minimum atomic E-state index is -0.449. The van der Waals surface area contributed by atoms with Crippen LogP contribution < -0.4 is 4.90 Å². The maximum absolute atomic E-state index is 13.8. The smallest absolute Gasteiger partial charge is 0.256 e. The molecule has 1 aliphatic rings. The molecular formula is C20H23FN2O. The molecule has 1 saturated heterocycles. The molecule has 3 rings (SSSR count). The maximum Gasteiger partial charge on any atom is 0.256 e. The number of rotatable bonds is 2. The molecule has 1 heterocycles. The van der Waals surface area contributed by atoms with Crippen LogP contribution in [0.3, 0.4) is 0 Å². The Morgan fingerprint density at radius 1 is 0.958 bits per heavy atom. The van der Waals surface area contributed by atoms with Crippen molar-refractivity contribution in [3.63, 3.8) is 0 Å². The molecule has 1 aliphatic heterocycles. The van der Waals surface area contributed by atoms with Crippen molar-refractivity contribution in [3.05, 3.63) is 64.5 Å².